The largest absolute Gasteiger partial charge is 0.408 e. The maximum atomic E-state index is 13.2. The van der Waals surface area contributed by atoms with Crippen LogP contribution in [0.25, 0.3) is 10.9 Å². The Labute approximate surface area is 188 Å². The van der Waals surface area contributed by atoms with Crippen LogP contribution in [-0.2, 0) is 11.3 Å². The molecule has 1 saturated heterocycles. The summed E-state index contributed by atoms with van der Waals surface area (Å²) in [4.78, 5) is 22.3. The van der Waals surface area contributed by atoms with Crippen LogP contribution < -0.4 is 5.32 Å². The standard InChI is InChI=1S/C19H16B2F4N6O2/c20-18(21)8-30(3-4-33-10-18)17(32)13-5-14-12(7-26-13)16(29-31(14)9-19(23,24)25)28-15-2-1-11(22)6-27-15/h1-2,5-7H,3-4,8-10H2,(H,27,28,29). The number of rotatable bonds is 4. The number of carbonyl (C=O) groups is 1. The van der Waals surface area contributed by atoms with Crippen LogP contribution in [0.1, 0.15) is 10.5 Å². The first-order valence-electron chi connectivity index (χ1n) is 9.77. The van der Waals surface area contributed by atoms with E-state index in [0.717, 1.165) is 12.3 Å². The van der Waals surface area contributed by atoms with Gasteiger partial charge in [0.25, 0.3) is 5.91 Å². The molecule has 1 N–H and O–H groups in total. The molecule has 0 unspecified atom stereocenters. The molecule has 0 aliphatic carbocycles. The highest BCUT2D eigenvalue weighted by molar-refractivity contribution is 6.40. The Bertz CT molecular complexity index is 1170. The van der Waals surface area contributed by atoms with Crippen molar-refractivity contribution in [3.8, 4) is 0 Å². The van der Waals surface area contributed by atoms with Crippen molar-refractivity contribution >= 4 is 44.1 Å². The number of nitrogens with zero attached hydrogens (tertiary/aromatic N) is 5. The highest BCUT2D eigenvalue weighted by Crippen LogP contribution is 2.29. The summed E-state index contributed by atoms with van der Waals surface area (Å²) in [6, 6.07) is 3.67. The third-order valence-corrected chi connectivity index (χ3v) is 4.81. The molecule has 0 saturated carbocycles. The van der Waals surface area contributed by atoms with Crippen molar-refractivity contribution < 1.29 is 27.1 Å². The molecule has 3 aromatic heterocycles. The van der Waals surface area contributed by atoms with Crippen LogP contribution in [0.3, 0.4) is 0 Å². The number of aromatic nitrogens is 4. The molecule has 1 aliphatic heterocycles. The molecular weight excluding hydrogens is 442 g/mol. The van der Waals surface area contributed by atoms with Crippen LogP contribution in [0.15, 0.2) is 30.6 Å². The van der Waals surface area contributed by atoms with Crippen LogP contribution >= 0.6 is 0 Å². The summed E-state index contributed by atoms with van der Waals surface area (Å²) in [6.45, 7) is -0.967. The van der Waals surface area contributed by atoms with E-state index in [1.54, 1.807) is 0 Å². The molecular formula is C19H16B2F4N6O2. The quantitative estimate of drug-likeness (QED) is 0.477. The number of ether oxygens (including phenoxy) is 1. The van der Waals surface area contributed by atoms with Crippen molar-refractivity contribution in [3.63, 3.8) is 0 Å². The van der Waals surface area contributed by atoms with E-state index in [-0.39, 0.29) is 54.5 Å². The van der Waals surface area contributed by atoms with Gasteiger partial charge in [0.05, 0.1) is 39.4 Å². The molecule has 14 heteroatoms. The number of alkyl halides is 3. The molecule has 1 amide bonds. The van der Waals surface area contributed by atoms with E-state index in [0.29, 0.717) is 4.68 Å². The van der Waals surface area contributed by atoms with E-state index >= 15 is 0 Å². The van der Waals surface area contributed by atoms with Crippen molar-refractivity contribution in [2.75, 3.05) is 31.6 Å². The Kier molecular flexibility index (Phi) is 6.04. The van der Waals surface area contributed by atoms with Crippen LogP contribution in [-0.4, -0.2) is 78.7 Å². The molecule has 0 atom stereocenters. The van der Waals surface area contributed by atoms with Gasteiger partial charge in [-0.25, -0.2) is 9.37 Å². The number of halogens is 4. The number of anilines is 2. The van der Waals surface area contributed by atoms with Crippen LogP contribution in [0.4, 0.5) is 29.2 Å². The number of hydrogen-bond donors (Lipinski definition) is 1. The van der Waals surface area contributed by atoms with Crippen LogP contribution in [0, 0.1) is 5.82 Å². The number of pyridine rings is 2. The number of carbonyl (C=O) groups excluding carboxylic acids is 1. The van der Waals surface area contributed by atoms with Gasteiger partial charge < -0.3 is 15.0 Å². The van der Waals surface area contributed by atoms with Crippen molar-refractivity contribution in [1.29, 1.82) is 0 Å². The second kappa shape index (κ2) is 8.65. The van der Waals surface area contributed by atoms with Gasteiger partial charge in [-0.3, -0.25) is 14.5 Å². The lowest BCUT2D eigenvalue weighted by Crippen LogP contribution is -2.39. The van der Waals surface area contributed by atoms with Crippen molar-refractivity contribution in [2.45, 2.75) is 17.9 Å². The summed E-state index contributed by atoms with van der Waals surface area (Å²) in [5.41, 5.74) is -0.0805. The van der Waals surface area contributed by atoms with Gasteiger partial charge in [-0.15, -0.1) is 0 Å². The zero-order valence-electron chi connectivity index (χ0n) is 17.1. The third kappa shape index (κ3) is 5.44. The molecule has 0 spiro atoms. The molecule has 1 fully saturated rings. The highest BCUT2D eigenvalue weighted by atomic mass is 19.4. The third-order valence-electron chi connectivity index (χ3n) is 4.81. The maximum Gasteiger partial charge on any atom is 0.408 e. The second-order valence-electron chi connectivity index (χ2n) is 7.71. The Morgan fingerprint density at radius 3 is 2.73 bits per heavy atom. The van der Waals surface area contributed by atoms with Crippen molar-refractivity contribution in [3.05, 3.63) is 42.1 Å². The summed E-state index contributed by atoms with van der Waals surface area (Å²) in [6.07, 6.45) is -2.38. The van der Waals surface area contributed by atoms with E-state index in [9.17, 15) is 22.4 Å². The highest BCUT2D eigenvalue weighted by Gasteiger charge is 2.32. The van der Waals surface area contributed by atoms with Gasteiger partial charge >= 0.3 is 6.18 Å². The number of fused-ring (bicyclic) bond motifs is 1. The van der Waals surface area contributed by atoms with E-state index < -0.39 is 29.7 Å². The molecule has 168 valence electrons. The summed E-state index contributed by atoms with van der Waals surface area (Å²) < 4.78 is 58.6. The first-order valence-corrected chi connectivity index (χ1v) is 9.77. The number of nitrogens with one attached hydrogen (secondary N) is 1. The van der Waals surface area contributed by atoms with Crippen molar-refractivity contribution in [2.24, 2.45) is 0 Å². The molecule has 4 radical (unpaired) electrons. The van der Waals surface area contributed by atoms with Crippen molar-refractivity contribution in [1.82, 2.24) is 24.6 Å². The molecule has 3 aromatic rings. The van der Waals surface area contributed by atoms with E-state index in [1.165, 1.54) is 23.2 Å². The van der Waals surface area contributed by atoms with Gasteiger partial charge in [0.2, 0.25) is 0 Å². The molecule has 4 rings (SSSR count). The molecule has 4 heterocycles. The summed E-state index contributed by atoms with van der Waals surface area (Å²) in [5.74, 6) is -0.944. The fraction of sp³-hybridized carbons (Fsp3) is 0.368. The lowest BCUT2D eigenvalue weighted by atomic mass is 9.55. The molecule has 0 bridgehead atoms. The molecule has 0 aromatic carbocycles. The normalized spacial score (nSPS) is 16.5. The first-order chi connectivity index (χ1) is 15.5. The lowest BCUT2D eigenvalue weighted by molar-refractivity contribution is -0.141. The summed E-state index contributed by atoms with van der Waals surface area (Å²) in [5, 5.41) is 5.67. The van der Waals surface area contributed by atoms with Gasteiger partial charge in [-0.2, -0.15) is 18.3 Å². The van der Waals surface area contributed by atoms with Gasteiger partial charge in [-0.1, -0.05) is 5.21 Å². The van der Waals surface area contributed by atoms with E-state index in [1.807, 2.05) is 0 Å². The summed E-state index contributed by atoms with van der Waals surface area (Å²) >= 11 is 0. The van der Waals surface area contributed by atoms with E-state index in [4.69, 9.17) is 20.4 Å². The second-order valence-corrected chi connectivity index (χ2v) is 7.71. The minimum absolute atomic E-state index is 0.0175. The van der Waals surface area contributed by atoms with Gasteiger partial charge in [-0.05, 0) is 18.2 Å². The SMILES string of the molecule is [B]C1([B])COCCN(C(=O)c2cc3c(cn2)c(Nc2ccc(F)cn2)nn3CC(F)(F)F)C1. The zero-order chi connectivity index (χ0) is 23.8. The average molecular weight is 458 g/mol. The molecule has 8 nitrogen and oxygen atoms in total. The fourth-order valence-corrected chi connectivity index (χ4v) is 3.39. The monoisotopic (exact) mass is 458 g/mol. The fourth-order valence-electron chi connectivity index (χ4n) is 3.39. The molecule has 1 aliphatic rings. The predicted octanol–water partition coefficient (Wildman–Crippen LogP) is 2.20. The maximum absolute atomic E-state index is 13.2. The number of hydrogen-bond acceptors (Lipinski definition) is 6. The minimum Gasteiger partial charge on any atom is -0.380 e. The molecule has 33 heavy (non-hydrogen) atoms. The Hall–Kier alpha value is -3.15. The minimum atomic E-state index is -4.57. The smallest absolute Gasteiger partial charge is 0.380 e. The average Bonchev–Trinajstić information content (AvgIpc) is 2.93. The lowest BCUT2D eigenvalue weighted by Gasteiger charge is -2.29. The Balaban J connectivity index is 1.71. The van der Waals surface area contributed by atoms with Gasteiger partial charge in [0.15, 0.2) is 5.82 Å². The number of amides is 1. The Morgan fingerprint density at radius 2 is 2.03 bits per heavy atom. The summed E-state index contributed by atoms with van der Waals surface area (Å²) in [7, 11) is 11.8. The van der Waals surface area contributed by atoms with Crippen LogP contribution in [0.5, 0.6) is 0 Å². The van der Waals surface area contributed by atoms with Gasteiger partial charge in [0, 0.05) is 25.9 Å². The zero-order valence-corrected chi connectivity index (χ0v) is 17.1. The van der Waals surface area contributed by atoms with Crippen LogP contribution in [0.2, 0.25) is 5.21 Å². The Morgan fingerprint density at radius 1 is 1.24 bits per heavy atom. The van der Waals surface area contributed by atoms with E-state index in [2.05, 4.69) is 20.4 Å². The first kappa shape index (κ1) is 23.0. The van der Waals surface area contributed by atoms with Gasteiger partial charge in [0.1, 0.15) is 23.9 Å². The topological polar surface area (TPSA) is 85.2 Å². The predicted molar refractivity (Wildman–Crippen MR) is 112 cm³/mol.